The van der Waals surface area contributed by atoms with Crippen molar-refractivity contribution >= 4 is 11.6 Å². The zero-order valence-corrected chi connectivity index (χ0v) is 12.1. The van der Waals surface area contributed by atoms with Gasteiger partial charge in [0.05, 0.1) is 5.69 Å². The summed E-state index contributed by atoms with van der Waals surface area (Å²) in [6.45, 7) is 6.22. The van der Waals surface area contributed by atoms with Crippen LogP contribution < -0.4 is 0 Å². The highest BCUT2D eigenvalue weighted by Crippen LogP contribution is 2.06. The van der Waals surface area contributed by atoms with Crippen LogP contribution in [-0.2, 0) is 22.6 Å². The molecule has 106 valence electrons. The molecule has 0 aromatic carbocycles. The fourth-order valence-electron chi connectivity index (χ4n) is 1.73. The molecule has 0 saturated heterocycles. The van der Waals surface area contributed by atoms with E-state index in [0.29, 0.717) is 25.0 Å². The number of ketones is 2. The zero-order chi connectivity index (χ0) is 14.3. The first-order valence-electron chi connectivity index (χ1n) is 6.90. The first-order chi connectivity index (χ1) is 8.99. The van der Waals surface area contributed by atoms with Gasteiger partial charge in [-0.05, 0) is 26.2 Å². The van der Waals surface area contributed by atoms with Crippen molar-refractivity contribution in [2.75, 3.05) is 0 Å². The van der Waals surface area contributed by atoms with Crippen molar-refractivity contribution in [3.8, 4) is 0 Å². The highest BCUT2D eigenvalue weighted by Gasteiger charge is 2.07. The minimum Gasteiger partial charge on any atom is -0.300 e. The molecule has 0 fully saturated rings. The lowest BCUT2D eigenvalue weighted by atomic mass is 10.0. The van der Waals surface area contributed by atoms with E-state index < -0.39 is 0 Å². The molecular formula is C14H23N3O2. The van der Waals surface area contributed by atoms with Crippen molar-refractivity contribution in [2.45, 2.75) is 59.4 Å². The van der Waals surface area contributed by atoms with Crippen LogP contribution >= 0.6 is 0 Å². The maximum absolute atomic E-state index is 11.4. The predicted octanol–water partition coefficient (Wildman–Crippen LogP) is 2.20. The minimum atomic E-state index is 0.129. The number of hydrogen-bond donors (Lipinski definition) is 0. The summed E-state index contributed by atoms with van der Waals surface area (Å²) in [6, 6.07) is 0. The number of aromatic nitrogens is 3. The Kier molecular flexibility index (Phi) is 6.39. The van der Waals surface area contributed by atoms with Crippen molar-refractivity contribution in [1.82, 2.24) is 15.0 Å². The van der Waals surface area contributed by atoms with Crippen LogP contribution in [0, 0.1) is 5.92 Å². The van der Waals surface area contributed by atoms with E-state index in [4.69, 9.17) is 0 Å². The fraction of sp³-hybridized carbons (Fsp3) is 0.714. The van der Waals surface area contributed by atoms with Crippen LogP contribution in [0.5, 0.6) is 0 Å². The van der Waals surface area contributed by atoms with Crippen LogP contribution in [-0.4, -0.2) is 26.6 Å². The Bertz CT molecular complexity index is 424. The molecule has 1 aromatic rings. The van der Waals surface area contributed by atoms with Crippen molar-refractivity contribution in [1.29, 1.82) is 0 Å². The number of hydrogen-bond acceptors (Lipinski definition) is 4. The fourth-order valence-corrected chi connectivity index (χ4v) is 1.73. The van der Waals surface area contributed by atoms with Crippen molar-refractivity contribution in [3.63, 3.8) is 0 Å². The Balaban J connectivity index is 2.23. The van der Waals surface area contributed by atoms with Gasteiger partial charge in [0, 0.05) is 31.5 Å². The second kappa shape index (κ2) is 7.81. The molecule has 0 N–H and O–H groups in total. The third-order valence-electron chi connectivity index (χ3n) is 3.02. The molecule has 0 radical (unpaired) electrons. The van der Waals surface area contributed by atoms with E-state index in [1.807, 2.05) is 20.0 Å². The van der Waals surface area contributed by atoms with Gasteiger partial charge >= 0.3 is 0 Å². The average molecular weight is 265 g/mol. The molecule has 0 amide bonds. The van der Waals surface area contributed by atoms with Gasteiger partial charge in [-0.2, -0.15) is 0 Å². The molecule has 5 nitrogen and oxygen atoms in total. The smallest absolute Gasteiger partial charge is 0.135 e. The van der Waals surface area contributed by atoms with Gasteiger partial charge in [0.2, 0.25) is 0 Å². The van der Waals surface area contributed by atoms with E-state index in [2.05, 4.69) is 10.3 Å². The molecule has 0 aliphatic rings. The lowest BCUT2D eigenvalue weighted by Crippen LogP contribution is -2.07. The number of carbonyl (C=O) groups excluding carboxylic acids is 2. The van der Waals surface area contributed by atoms with Crippen molar-refractivity contribution in [2.24, 2.45) is 5.92 Å². The van der Waals surface area contributed by atoms with E-state index in [0.717, 1.165) is 25.1 Å². The van der Waals surface area contributed by atoms with Gasteiger partial charge in [0.25, 0.3) is 0 Å². The average Bonchev–Trinajstić information content (AvgIpc) is 2.79. The summed E-state index contributed by atoms with van der Waals surface area (Å²) in [4.78, 5) is 22.3. The quantitative estimate of drug-likeness (QED) is 0.642. The molecule has 1 aromatic heterocycles. The zero-order valence-electron chi connectivity index (χ0n) is 12.1. The van der Waals surface area contributed by atoms with Crippen LogP contribution in [0.4, 0.5) is 0 Å². The Hall–Kier alpha value is -1.52. The molecule has 0 unspecified atom stereocenters. The number of Topliss-reactive ketones (excluding diaryl/α,β-unsaturated/α-hetero) is 2. The Morgan fingerprint density at radius 3 is 2.63 bits per heavy atom. The van der Waals surface area contributed by atoms with E-state index in [1.165, 1.54) is 0 Å². The summed E-state index contributed by atoms with van der Waals surface area (Å²) in [5, 5.41) is 8.04. The third kappa shape index (κ3) is 6.27. The molecule has 0 aliphatic carbocycles. The van der Waals surface area contributed by atoms with E-state index in [9.17, 15) is 9.59 Å². The van der Waals surface area contributed by atoms with Crippen LogP contribution in [0.1, 0.15) is 52.1 Å². The molecule has 1 rings (SSSR count). The topological polar surface area (TPSA) is 64.8 Å². The van der Waals surface area contributed by atoms with Gasteiger partial charge < -0.3 is 4.79 Å². The summed E-state index contributed by atoms with van der Waals surface area (Å²) >= 11 is 0. The largest absolute Gasteiger partial charge is 0.300 e. The van der Waals surface area contributed by atoms with E-state index >= 15 is 0 Å². The predicted molar refractivity (Wildman–Crippen MR) is 72.7 cm³/mol. The second-order valence-electron chi connectivity index (χ2n) is 5.25. The summed E-state index contributed by atoms with van der Waals surface area (Å²) in [7, 11) is 0. The van der Waals surface area contributed by atoms with Crippen LogP contribution in [0.2, 0.25) is 0 Å². The lowest BCUT2D eigenvalue weighted by Gasteiger charge is -2.03. The normalized spacial score (nSPS) is 10.9. The standard InChI is InChI=1S/C14H23N3O2/c1-11(2)14(19)6-4-5-9-17-10-13(15-16-17)8-7-12(3)18/h10-11H,4-9H2,1-3H3. The van der Waals surface area contributed by atoms with Crippen LogP contribution in [0.3, 0.4) is 0 Å². The number of rotatable bonds is 9. The van der Waals surface area contributed by atoms with Gasteiger partial charge in [-0.15, -0.1) is 5.10 Å². The first kappa shape index (κ1) is 15.5. The van der Waals surface area contributed by atoms with Crippen molar-refractivity contribution in [3.05, 3.63) is 11.9 Å². The summed E-state index contributed by atoms with van der Waals surface area (Å²) in [6.07, 6.45) is 5.51. The lowest BCUT2D eigenvalue weighted by molar-refractivity contribution is -0.122. The van der Waals surface area contributed by atoms with Gasteiger partial charge in [-0.3, -0.25) is 9.48 Å². The maximum Gasteiger partial charge on any atom is 0.135 e. The van der Waals surface area contributed by atoms with E-state index in [-0.39, 0.29) is 11.7 Å². The molecule has 0 atom stereocenters. The SMILES string of the molecule is CC(=O)CCc1cn(CCCCC(=O)C(C)C)nn1. The van der Waals surface area contributed by atoms with E-state index in [1.54, 1.807) is 11.6 Å². The van der Waals surface area contributed by atoms with Gasteiger partial charge in [-0.25, -0.2) is 0 Å². The first-order valence-corrected chi connectivity index (χ1v) is 6.90. The molecule has 5 heteroatoms. The monoisotopic (exact) mass is 265 g/mol. The molecular weight excluding hydrogens is 242 g/mol. The summed E-state index contributed by atoms with van der Waals surface area (Å²) in [5.74, 6) is 0.618. The number of carbonyl (C=O) groups is 2. The molecule has 0 bridgehead atoms. The molecule has 1 heterocycles. The van der Waals surface area contributed by atoms with Crippen LogP contribution in [0.15, 0.2) is 6.20 Å². The molecule has 0 saturated carbocycles. The summed E-state index contributed by atoms with van der Waals surface area (Å²) < 4.78 is 1.79. The number of unbranched alkanes of at least 4 members (excludes halogenated alkanes) is 1. The van der Waals surface area contributed by atoms with Crippen LogP contribution in [0.25, 0.3) is 0 Å². The minimum absolute atomic E-state index is 0.129. The second-order valence-corrected chi connectivity index (χ2v) is 5.25. The highest BCUT2D eigenvalue weighted by atomic mass is 16.1. The molecule has 0 aliphatic heterocycles. The van der Waals surface area contributed by atoms with Gasteiger partial charge in [0.1, 0.15) is 11.6 Å². The molecule has 0 spiro atoms. The number of aryl methyl sites for hydroxylation is 2. The van der Waals surface area contributed by atoms with Gasteiger partial charge in [-0.1, -0.05) is 19.1 Å². The van der Waals surface area contributed by atoms with Gasteiger partial charge in [0.15, 0.2) is 0 Å². The Labute approximate surface area is 114 Å². The number of nitrogens with zero attached hydrogens (tertiary/aromatic N) is 3. The summed E-state index contributed by atoms with van der Waals surface area (Å²) in [5.41, 5.74) is 0.855. The Morgan fingerprint density at radius 1 is 1.26 bits per heavy atom. The van der Waals surface area contributed by atoms with Crippen molar-refractivity contribution < 1.29 is 9.59 Å². The molecule has 19 heavy (non-hydrogen) atoms. The maximum atomic E-state index is 11.4. The third-order valence-corrected chi connectivity index (χ3v) is 3.02. The Morgan fingerprint density at radius 2 is 2.00 bits per heavy atom. The highest BCUT2D eigenvalue weighted by molar-refractivity contribution is 5.80.